The van der Waals surface area contributed by atoms with E-state index in [1.807, 2.05) is 6.07 Å². The van der Waals surface area contributed by atoms with E-state index >= 15 is 0 Å². The molecular formula is C21H17FN2O3. The smallest absolute Gasteiger partial charge is 0.337 e. The molecule has 0 bridgehead atoms. The molecule has 136 valence electrons. The first-order chi connectivity index (χ1) is 13.0. The van der Waals surface area contributed by atoms with E-state index in [-0.39, 0.29) is 5.91 Å². The normalized spacial score (nSPS) is 10.1. The number of methoxy groups -OCH3 is 1. The Kier molecular flexibility index (Phi) is 5.47. The molecule has 0 spiro atoms. The Labute approximate surface area is 155 Å². The number of anilines is 3. The fourth-order valence-electron chi connectivity index (χ4n) is 2.45. The topological polar surface area (TPSA) is 67.4 Å². The van der Waals surface area contributed by atoms with Crippen LogP contribution in [0.5, 0.6) is 0 Å². The zero-order chi connectivity index (χ0) is 19.2. The summed E-state index contributed by atoms with van der Waals surface area (Å²) in [7, 11) is 1.33. The quantitative estimate of drug-likeness (QED) is 0.649. The highest BCUT2D eigenvalue weighted by Gasteiger charge is 2.07. The van der Waals surface area contributed by atoms with Crippen LogP contribution in [-0.2, 0) is 4.74 Å². The molecule has 6 heteroatoms. The molecule has 0 unspecified atom stereocenters. The van der Waals surface area contributed by atoms with Crippen molar-refractivity contribution in [3.8, 4) is 0 Å². The van der Waals surface area contributed by atoms with Gasteiger partial charge in [0.05, 0.1) is 12.7 Å². The van der Waals surface area contributed by atoms with Crippen LogP contribution in [0.15, 0.2) is 72.8 Å². The minimum Gasteiger partial charge on any atom is -0.465 e. The monoisotopic (exact) mass is 364 g/mol. The van der Waals surface area contributed by atoms with E-state index in [1.165, 1.54) is 31.4 Å². The molecule has 0 aromatic heterocycles. The Hall–Kier alpha value is -3.67. The average molecular weight is 364 g/mol. The van der Waals surface area contributed by atoms with Gasteiger partial charge in [0.2, 0.25) is 0 Å². The van der Waals surface area contributed by atoms with Crippen molar-refractivity contribution in [2.75, 3.05) is 17.7 Å². The fourth-order valence-corrected chi connectivity index (χ4v) is 2.45. The van der Waals surface area contributed by atoms with Crippen LogP contribution in [0.25, 0.3) is 0 Å². The maximum Gasteiger partial charge on any atom is 0.337 e. The zero-order valence-corrected chi connectivity index (χ0v) is 14.5. The van der Waals surface area contributed by atoms with Gasteiger partial charge in [-0.2, -0.15) is 0 Å². The number of ether oxygens (including phenoxy) is 1. The van der Waals surface area contributed by atoms with Crippen molar-refractivity contribution in [1.82, 2.24) is 0 Å². The lowest BCUT2D eigenvalue weighted by Crippen LogP contribution is -2.11. The van der Waals surface area contributed by atoms with Crippen LogP contribution >= 0.6 is 0 Å². The predicted molar refractivity (Wildman–Crippen MR) is 102 cm³/mol. The summed E-state index contributed by atoms with van der Waals surface area (Å²) in [5, 5.41) is 5.93. The molecule has 0 radical (unpaired) electrons. The summed E-state index contributed by atoms with van der Waals surface area (Å²) in [6.45, 7) is 0. The predicted octanol–water partition coefficient (Wildman–Crippen LogP) is 4.61. The molecule has 3 aromatic carbocycles. The van der Waals surface area contributed by atoms with Crippen LogP contribution in [0, 0.1) is 5.82 Å². The van der Waals surface area contributed by atoms with Gasteiger partial charge in [0.15, 0.2) is 0 Å². The van der Waals surface area contributed by atoms with E-state index in [4.69, 9.17) is 4.74 Å². The van der Waals surface area contributed by atoms with Gasteiger partial charge in [-0.15, -0.1) is 0 Å². The second-order valence-electron chi connectivity index (χ2n) is 5.74. The molecule has 27 heavy (non-hydrogen) atoms. The van der Waals surface area contributed by atoms with Gasteiger partial charge in [0.1, 0.15) is 5.82 Å². The Morgan fingerprint density at radius 3 is 2.15 bits per heavy atom. The third-order valence-electron chi connectivity index (χ3n) is 3.82. The van der Waals surface area contributed by atoms with Crippen molar-refractivity contribution in [2.24, 2.45) is 0 Å². The summed E-state index contributed by atoms with van der Waals surface area (Å²) in [4.78, 5) is 23.7. The summed E-state index contributed by atoms with van der Waals surface area (Å²) >= 11 is 0. The van der Waals surface area contributed by atoms with Gasteiger partial charge in [0.25, 0.3) is 5.91 Å². The number of hydrogen-bond donors (Lipinski definition) is 2. The Morgan fingerprint density at radius 1 is 0.815 bits per heavy atom. The third-order valence-corrected chi connectivity index (χ3v) is 3.82. The summed E-state index contributed by atoms with van der Waals surface area (Å²) in [6, 6.07) is 19.4. The van der Waals surface area contributed by atoms with Crippen molar-refractivity contribution in [3.63, 3.8) is 0 Å². The summed E-state index contributed by atoms with van der Waals surface area (Å²) in [5.41, 5.74) is 2.96. The Bertz CT molecular complexity index is 954. The SMILES string of the molecule is COC(=O)c1cccc(Nc2ccc(NC(=O)c3ccc(F)cc3)cc2)c1. The molecule has 0 aliphatic carbocycles. The Morgan fingerprint density at radius 2 is 1.48 bits per heavy atom. The number of hydrogen-bond acceptors (Lipinski definition) is 4. The number of amides is 1. The second-order valence-corrected chi connectivity index (χ2v) is 5.74. The number of nitrogens with one attached hydrogen (secondary N) is 2. The van der Waals surface area contributed by atoms with Crippen LogP contribution in [0.4, 0.5) is 21.5 Å². The van der Waals surface area contributed by atoms with Gasteiger partial charge in [-0.25, -0.2) is 9.18 Å². The van der Waals surface area contributed by atoms with Gasteiger partial charge in [-0.05, 0) is 66.7 Å². The first-order valence-corrected chi connectivity index (χ1v) is 8.17. The number of benzene rings is 3. The van der Waals surface area contributed by atoms with Crippen molar-refractivity contribution in [2.45, 2.75) is 0 Å². The highest BCUT2D eigenvalue weighted by atomic mass is 19.1. The zero-order valence-electron chi connectivity index (χ0n) is 14.5. The highest BCUT2D eigenvalue weighted by Crippen LogP contribution is 2.20. The first kappa shape index (κ1) is 18.1. The van der Waals surface area contributed by atoms with Crippen molar-refractivity contribution in [1.29, 1.82) is 0 Å². The maximum atomic E-state index is 12.9. The summed E-state index contributed by atoms with van der Waals surface area (Å²) in [6.07, 6.45) is 0. The molecule has 0 atom stereocenters. The number of esters is 1. The van der Waals surface area contributed by atoms with Gasteiger partial charge in [0, 0.05) is 22.6 Å². The molecule has 3 rings (SSSR count). The number of halogens is 1. The summed E-state index contributed by atoms with van der Waals surface area (Å²) < 4.78 is 17.6. The molecule has 5 nitrogen and oxygen atoms in total. The minimum atomic E-state index is -0.405. The molecule has 0 aliphatic heterocycles. The molecule has 0 fully saturated rings. The summed E-state index contributed by atoms with van der Waals surface area (Å²) in [5.74, 6) is -1.11. The van der Waals surface area contributed by atoms with Gasteiger partial charge in [-0.3, -0.25) is 4.79 Å². The lowest BCUT2D eigenvalue weighted by Gasteiger charge is -2.10. The third kappa shape index (κ3) is 4.70. The van der Waals surface area contributed by atoms with Gasteiger partial charge in [-0.1, -0.05) is 6.07 Å². The lowest BCUT2D eigenvalue weighted by atomic mass is 10.2. The van der Waals surface area contributed by atoms with E-state index in [2.05, 4.69) is 10.6 Å². The van der Waals surface area contributed by atoms with Crippen LogP contribution in [0.3, 0.4) is 0 Å². The van der Waals surface area contributed by atoms with Crippen LogP contribution in [0.2, 0.25) is 0 Å². The van der Waals surface area contributed by atoms with E-state index in [9.17, 15) is 14.0 Å². The van der Waals surface area contributed by atoms with E-state index < -0.39 is 11.8 Å². The van der Waals surface area contributed by atoms with Gasteiger partial charge < -0.3 is 15.4 Å². The van der Waals surface area contributed by atoms with Gasteiger partial charge >= 0.3 is 5.97 Å². The van der Waals surface area contributed by atoms with E-state index in [1.54, 1.807) is 42.5 Å². The number of carbonyl (C=O) groups is 2. The maximum absolute atomic E-state index is 12.9. The van der Waals surface area contributed by atoms with E-state index in [0.29, 0.717) is 16.8 Å². The highest BCUT2D eigenvalue weighted by molar-refractivity contribution is 6.04. The van der Waals surface area contributed by atoms with Crippen LogP contribution in [-0.4, -0.2) is 19.0 Å². The molecule has 2 N–H and O–H groups in total. The second kappa shape index (κ2) is 8.14. The molecule has 0 saturated carbocycles. The molecule has 0 saturated heterocycles. The molecule has 0 aliphatic rings. The number of rotatable bonds is 5. The van der Waals surface area contributed by atoms with Crippen molar-refractivity contribution in [3.05, 3.63) is 89.7 Å². The largest absolute Gasteiger partial charge is 0.465 e. The molecular weight excluding hydrogens is 347 g/mol. The molecule has 0 heterocycles. The lowest BCUT2D eigenvalue weighted by molar-refractivity contribution is 0.0600. The van der Waals surface area contributed by atoms with Crippen molar-refractivity contribution >= 4 is 28.9 Å². The van der Waals surface area contributed by atoms with Crippen molar-refractivity contribution < 1.29 is 18.7 Å². The van der Waals surface area contributed by atoms with E-state index in [0.717, 1.165) is 11.4 Å². The Balaban J connectivity index is 1.66. The number of carbonyl (C=O) groups excluding carboxylic acids is 2. The fraction of sp³-hybridized carbons (Fsp3) is 0.0476. The standard InChI is InChI=1S/C21H17FN2O3/c1-27-21(26)15-3-2-4-19(13-15)23-17-9-11-18(12-10-17)24-20(25)14-5-7-16(22)8-6-14/h2-13,23H,1H3,(H,24,25). The first-order valence-electron chi connectivity index (χ1n) is 8.17. The van der Waals surface area contributed by atoms with Crippen LogP contribution < -0.4 is 10.6 Å². The average Bonchev–Trinajstić information content (AvgIpc) is 2.69. The molecule has 3 aromatic rings. The van der Waals surface area contributed by atoms with Crippen LogP contribution in [0.1, 0.15) is 20.7 Å². The minimum absolute atomic E-state index is 0.318. The molecule has 1 amide bonds.